The van der Waals surface area contributed by atoms with Crippen molar-refractivity contribution in [3.8, 4) is 0 Å². The van der Waals surface area contributed by atoms with Gasteiger partial charge in [-0.25, -0.2) is 0 Å². The lowest BCUT2D eigenvalue weighted by Gasteiger charge is -2.17. The summed E-state index contributed by atoms with van der Waals surface area (Å²) in [5.41, 5.74) is 4.08. The van der Waals surface area contributed by atoms with Gasteiger partial charge in [0.1, 0.15) is 0 Å². The maximum Gasteiger partial charge on any atom is 0.0487 e. The lowest BCUT2D eigenvalue weighted by Crippen LogP contribution is -2.27. The molecule has 2 nitrogen and oxygen atoms in total. The molecule has 0 amide bonds. The van der Waals surface area contributed by atoms with E-state index < -0.39 is 0 Å². The summed E-state index contributed by atoms with van der Waals surface area (Å²) < 4.78 is 2.40. The predicted octanol–water partition coefficient (Wildman–Crippen LogP) is 2.71. The molecule has 0 spiro atoms. The first-order valence-electron chi connectivity index (χ1n) is 5.25. The van der Waals surface area contributed by atoms with Crippen molar-refractivity contribution >= 4 is 22.5 Å². The number of hydrogen-bond acceptors (Lipinski definition) is 1. The SMILES string of the molecule is Cc1c2n(c3ccc(Cl)cc13)CCNC2. The van der Waals surface area contributed by atoms with E-state index in [0.717, 1.165) is 24.7 Å². The third kappa shape index (κ3) is 1.29. The van der Waals surface area contributed by atoms with Crippen molar-refractivity contribution in [2.75, 3.05) is 6.54 Å². The van der Waals surface area contributed by atoms with Crippen molar-refractivity contribution < 1.29 is 0 Å². The second-order valence-corrected chi connectivity index (χ2v) is 4.50. The van der Waals surface area contributed by atoms with Gasteiger partial charge in [0.2, 0.25) is 0 Å². The molecule has 3 rings (SSSR count). The van der Waals surface area contributed by atoms with Crippen LogP contribution in [-0.2, 0) is 13.1 Å². The van der Waals surface area contributed by atoms with Crippen molar-refractivity contribution in [2.24, 2.45) is 0 Å². The largest absolute Gasteiger partial charge is 0.342 e. The number of aryl methyl sites for hydroxylation is 1. The first kappa shape index (κ1) is 9.25. The molecular formula is C12H13ClN2. The molecule has 0 bridgehead atoms. The standard InChI is InChI=1S/C12H13ClN2/c1-8-10-6-9(13)2-3-11(10)15-5-4-14-7-12(8)15/h2-3,6,14H,4-5,7H2,1H3. The Balaban J connectivity index is 2.38. The fraction of sp³-hybridized carbons (Fsp3) is 0.333. The third-order valence-electron chi connectivity index (χ3n) is 3.22. The topological polar surface area (TPSA) is 17.0 Å². The van der Waals surface area contributed by atoms with Crippen LogP contribution in [0.3, 0.4) is 0 Å². The average Bonchev–Trinajstić information content (AvgIpc) is 2.54. The number of nitrogens with one attached hydrogen (secondary N) is 1. The van der Waals surface area contributed by atoms with Crippen LogP contribution >= 0.6 is 11.6 Å². The van der Waals surface area contributed by atoms with E-state index in [1.165, 1.54) is 22.2 Å². The zero-order valence-corrected chi connectivity index (χ0v) is 9.43. The Morgan fingerprint density at radius 2 is 2.27 bits per heavy atom. The highest BCUT2D eigenvalue weighted by atomic mass is 35.5. The van der Waals surface area contributed by atoms with Crippen LogP contribution in [0.2, 0.25) is 5.02 Å². The maximum atomic E-state index is 6.03. The Labute approximate surface area is 93.8 Å². The normalized spacial score (nSPS) is 15.6. The predicted molar refractivity (Wildman–Crippen MR) is 63.4 cm³/mol. The van der Waals surface area contributed by atoms with Crippen molar-refractivity contribution in [1.82, 2.24) is 9.88 Å². The van der Waals surface area contributed by atoms with E-state index in [-0.39, 0.29) is 0 Å². The lowest BCUT2D eigenvalue weighted by atomic mass is 10.1. The molecule has 0 atom stereocenters. The molecule has 1 aliphatic heterocycles. The number of hydrogen-bond donors (Lipinski definition) is 1. The van der Waals surface area contributed by atoms with Gasteiger partial charge in [-0.15, -0.1) is 0 Å². The molecule has 78 valence electrons. The summed E-state index contributed by atoms with van der Waals surface area (Å²) in [5, 5.41) is 5.52. The smallest absolute Gasteiger partial charge is 0.0487 e. The molecular weight excluding hydrogens is 208 g/mol. The number of fused-ring (bicyclic) bond motifs is 3. The van der Waals surface area contributed by atoms with Crippen LogP contribution in [-0.4, -0.2) is 11.1 Å². The highest BCUT2D eigenvalue weighted by Crippen LogP contribution is 2.29. The maximum absolute atomic E-state index is 6.03. The minimum atomic E-state index is 0.821. The van der Waals surface area contributed by atoms with E-state index in [0.29, 0.717) is 0 Å². The second-order valence-electron chi connectivity index (χ2n) is 4.06. The lowest BCUT2D eigenvalue weighted by molar-refractivity contribution is 0.524. The van der Waals surface area contributed by atoms with E-state index in [4.69, 9.17) is 11.6 Å². The Kier molecular flexibility index (Phi) is 2.01. The number of benzene rings is 1. The molecule has 2 aromatic rings. The number of nitrogens with zero attached hydrogens (tertiary/aromatic N) is 1. The Bertz CT molecular complexity index is 528. The van der Waals surface area contributed by atoms with E-state index in [2.05, 4.69) is 28.9 Å². The Morgan fingerprint density at radius 1 is 1.40 bits per heavy atom. The quantitative estimate of drug-likeness (QED) is 0.723. The van der Waals surface area contributed by atoms with Crippen LogP contribution in [0, 0.1) is 6.92 Å². The zero-order chi connectivity index (χ0) is 10.4. The van der Waals surface area contributed by atoms with Crippen LogP contribution in [0.1, 0.15) is 11.3 Å². The van der Waals surface area contributed by atoms with E-state index in [1.807, 2.05) is 6.07 Å². The minimum Gasteiger partial charge on any atom is -0.342 e. The van der Waals surface area contributed by atoms with E-state index >= 15 is 0 Å². The van der Waals surface area contributed by atoms with Gasteiger partial charge in [0.15, 0.2) is 0 Å². The molecule has 2 heterocycles. The molecule has 3 heteroatoms. The fourth-order valence-electron chi connectivity index (χ4n) is 2.43. The summed E-state index contributed by atoms with van der Waals surface area (Å²) in [5.74, 6) is 0. The fourth-order valence-corrected chi connectivity index (χ4v) is 2.60. The monoisotopic (exact) mass is 220 g/mol. The molecule has 0 saturated carbocycles. The highest BCUT2D eigenvalue weighted by Gasteiger charge is 2.16. The first-order valence-corrected chi connectivity index (χ1v) is 5.63. The minimum absolute atomic E-state index is 0.821. The van der Waals surface area contributed by atoms with E-state index in [9.17, 15) is 0 Å². The average molecular weight is 221 g/mol. The summed E-state index contributed by atoms with van der Waals surface area (Å²) in [6, 6.07) is 6.16. The van der Waals surface area contributed by atoms with Gasteiger partial charge in [-0.05, 0) is 30.7 Å². The second kappa shape index (κ2) is 3.26. The van der Waals surface area contributed by atoms with Gasteiger partial charge in [-0.2, -0.15) is 0 Å². The van der Waals surface area contributed by atoms with Gasteiger partial charge in [0, 0.05) is 41.3 Å². The molecule has 1 aromatic heterocycles. The number of halogens is 1. The van der Waals surface area contributed by atoms with Gasteiger partial charge in [-0.3, -0.25) is 0 Å². The Hall–Kier alpha value is -0.990. The molecule has 0 aliphatic carbocycles. The van der Waals surface area contributed by atoms with Crippen LogP contribution in [0.5, 0.6) is 0 Å². The number of rotatable bonds is 0. The van der Waals surface area contributed by atoms with Crippen molar-refractivity contribution in [1.29, 1.82) is 0 Å². The molecule has 0 fully saturated rings. The first-order chi connectivity index (χ1) is 7.27. The molecule has 0 radical (unpaired) electrons. The van der Waals surface area contributed by atoms with Crippen LogP contribution in [0.4, 0.5) is 0 Å². The van der Waals surface area contributed by atoms with Gasteiger partial charge in [-0.1, -0.05) is 11.6 Å². The van der Waals surface area contributed by atoms with Gasteiger partial charge < -0.3 is 9.88 Å². The van der Waals surface area contributed by atoms with Gasteiger partial charge in [0.05, 0.1) is 0 Å². The third-order valence-corrected chi connectivity index (χ3v) is 3.45. The summed E-state index contributed by atoms with van der Waals surface area (Å²) in [4.78, 5) is 0. The summed E-state index contributed by atoms with van der Waals surface area (Å²) in [6.45, 7) is 5.26. The Morgan fingerprint density at radius 3 is 3.13 bits per heavy atom. The summed E-state index contributed by atoms with van der Waals surface area (Å²) in [6.07, 6.45) is 0. The zero-order valence-electron chi connectivity index (χ0n) is 8.68. The number of aromatic nitrogens is 1. The molecule has 0 unspecified atom stereocenters. The van der Waals surface area contributed by atoms with Gasteiger partial charge >= 0.3 is 0 Å². The summed E-state index contributed by atoms with van der Waals surface area (Å²) >= 11 is 6.03. The van der Waals surface area contributed by atoms with Gasteiger partial charge in [0.25, 0.3) is 0 Å². The highest BCUT2D eigenvalue weighted by molar-refractivity contribution is 6.31. The molecule has 1 aliphatic rings. The van der Waals surface area contributed by atoms with Crippen molar-refractivity contribution in [2.45, 2.75) is 20.0 Å². The molecule has 0 saturated heterocycles. The summed E-state index contributed by atoms with van der Waals surface area (Å²) in [7, 11) is 0. The van der Waals surface area contributed by atoms with Crippen molar-refractivity contribution in [3.05, 3.63) is 34.5 Å². The van der Waals surface area contributed by atoms with Crippen LogP contribution in [0.15, 0.2) is 18.2 Å². The van der Waals surface area contributed by atoms with Crippen LogP contribution < -0.4 is 5.32 Å². The molecule has 1 N–H and O–H groups in total. The van der Waals surface area contributed by atoms with Crippen molar-refractivity contribution in [3.63, 3.8) is 0 Å². The molecule has 15 heavy (non-hydrogen) atoms. The molecule has 1 aromatic carbocycles. The van der Waals surface area contributed by atoms with Crippen LogP contribution in [0.25, 0.3) is 10.9 Å². The van der Waals surface area contributed by atoms with E-state index in [1.54, 1.807) is 0 Å².